The average Bonchev–Trinajstić information content (AvgIpc) is 2.78. The summed E-state index contributed by atoms with van der Waals surface area (Å²) in [5.74, 6) is 0.679. The lowest BCUT2D eigenvalue weighted by atomic mass is 10.1. The minimum Gasteiger partial charge on any atom is -0.495 e. The zero-order valence-electron chi connectivity index (χ0n) is 18.3. The molecule has 1 atom stereocenters. The van der Waals surface area contributed by atoms with Gasteiger partial charge in [-0.3, -0.25) is 14.2 Å². The Labute approximate surface area is 187 Å². The molecule has 1 heterocycles. The summed E-state index contributed by atoms with van der Waals surface area (Å²) in [5.41, 5.74) is 1.02. The van der Waals surface area contributed by atoms with Gasteiger partial charge in [-0.05, 0) is 37.6 Å². The first kappa shape index (κ1) is 22.9. The molecule has 0 aliphatic carbocycles. The molecular weight excluding hydrogens is 410 g/mol. The third kappa shape index (κ3) is 5.67. The van der Waals surface area contributed by atoms with E-state index in [0.29, 0.717) is 27.5 Å². The summed E-state index contributed by atoms with van der Waals surface area (Å²) in [6.07, 6.45) is 4.39. The zero-order chi connectivity index (χ0) is 22.2. The van der Waals surface area contributed by atoms with Crippen LogP contribution in [0.25, 0.3) is 16.6 Å². The number of thioether (sulfide) groups is 1. The fourth-order valence-electron chi connectivity index (χ4n) is 3.46. The van der Waals surface area contributed by atoms with E-state index in [4.69, 9.17) is 4.74 Å². The van der Waals surface area contributed by atoms with Gasteiger partial charge in [0.2, 0.25) is 5.91 Å². The van der Waals surface area contributed by atoms with E-state index < -0.39 is 0 Å². The number of aromatic nitrogens is 2. The molecule has 0 aliphatic heterocycles. The number of nitrogens with zero attached hydrogens (tertiary/aromatic N) is 2. The molecule has 0 aliphatic rings. The summed E-state index contributed by atoms with van der Waals surface area (Å²) >= 11 is 1.25. The highest BCUT2D eigenvalue weighted by Crippen LogP contribution is 2.27. The fourth-order valence-corrected chi connectivity index (χ4v) is 4.27. The molecule has 1 amide bonds. The predicted molar refractivity (Wildman–Crippen MR) is 126 cm³/mol. The highest BCUT2D eigenvalue weighted by Gasteiger charge is 2.17. The van der Waals surface area contributed by atoms with E-state index in [9.17, 15) is 9.59 Å². The van der Waals surface area contributed by atoms with E-state index in [2.05, 4.69) is 17.2 Å². The van der Waals surface area contributed by atoms with Crippen molar-refractivity contribution in [3.63, 3.8) is 0 Å². The van der Waals surface area contributed by atoms with E-state index in [1.54, 1.807) is 19.2 Å². The molecule has 0 bridgehead atoms. The summed E-state index contributed by atoms with van der Waals surface area (Å²) in [6.45, 7) is 4.19. The largest absolute Gasteiger partial charge is 0.495 e. The SMILES string of the molecule is CCCCCC(C)NC(=O)CSc1nc2ccccc2c(=O)n1-c1ccccc1OC. The van der Waals surface area contributed by atoms with Gasteiger partial charge >= 0.3 is 0 Å². The monoisotopic (exact) mass is 439 g/mol. The van der Waals surface area contributed by atoms with E-state index in [1.165, 1.54) is 22.7 Å². The number of hydrogen-bond donors (Lipinski definition) is 1. The van der Waals surface area contributed by atoms with Crippen LogP contribution in [0.5, 0.6) is 5.75 Å². The average molecular weight is 440 g/mol. The Morgan fingerprint density at radius 1 is 1.16 bits per heavy atom. The number of carbonyl (C=O) groups is 1. The number of carbonyl (C=O) groups excluding carboxylic acids is 1. The van der Waals surface area contributed by atoms with Crippen LogP contribution in [0.4, 0.5) is 0 Å². The molecule has 3 rings (SSSR count). The highest BCUT2D eigenvalue weighted by molar-refractivity contribution is 7.99. The Morgan fingerprint density at radius 3 is 2.68 bits per heavy atom. The van der Waals surface area contributed by atoms with Gasteiger partial charge < -0.3 is 10.1 Å². The maximum absolute atomic E-state index is 13.3. The lowest BCUT2D eigenvalue weighted by Gasteiger charge is -2.16. The zero-order valence-corrected chi connectivity index (χ0v) is 19.1. The van der Waals surface area contributed by atoms with Gasteiger partial charge in [0.15, 0.2) is 5.16 Å². The van der Waals surface area contributed by atoms with Crippen LogP contribution in [0.1, 0.15) is 39.5 Å². The van der Waals surface area contributed by atoms with Gasteiger partial charge in [-0.15, -0.1) is 0 Å². The van der Waals surface area contributed by atoms with E-state index in [-0.39, 0.29) is 23.3 Å². The lowest BCUT2D eigenvalue weighted by Crippen LogP contribution is -2.34. The van der Waals surface area contributed by atoms with Crippen molar-refractivity contribution in [3.8, 4) is 11.4 Å². The Morgan fingerprint density at radius 2 is 1.90 bits per heavy atom. The molecule has 0 radical (unpaired) electrons. The maximum atomic E-state index is 13.3. The number of unbranched alkanes of at least 4 members (excludes halogenated alkanes) is 2. The molecule has 6 nitrogen and oxygen atoms in total. The summed E-state index contributed by atoms with van der Waals surface area (Å²) in [7, 11) is 1.57. The number of amides is 1. The number of ether oxygens (including phenoxy) is 1. The molecule has 31 heavy (non-hydrogen) atoms. The Kier molecular flexibility index (Phi) is 8.12. The molecule has 0 spiro atoms. The van der Waals surface area contributed by atoms with Crippen LogP contribution in [0.3, 0.4) is 0 Å². The van der Waals surface area contributed by atoms with Crippen LogP contribution in [0, 0.1) is 0 Å². The summed E-state index contributed by atoms with van der Waals surface area (Å²) in [6, 6.07) is 14.7. The molecule has 0 saturated heterocycles. The van der Waals surface area contributed by atoms with Gasteiger partial charge in [0, 0.05) is 6.04 Å². The van der Waals surface area contributed by atoms with Gasteiger partial charge in [0.1, 0.15) is 5.75 Å². The molecule has 1 N–H and O–H groups in total. The van der Waals surface area contributed by atoms with Crippen LogP contribution in [0.2, 0.25) is 0 Å². The molecular formula is C24H29N3O3S. The molecule has 1 unspecified atom stereocenters. The number of para-hydroxylation sites is 3. The van der Waals surface area contributed by atoms with Gasteiger partial charge in [-0.2, -0.15) is 0 Å². The predicted octanol–water partition coefficient (Wildman–Crippen LogP) is 4.57. The number of hydrogen-bond acceptors (Lipinski definition) is 5. The van der Waals surface area contributed by atoms with Crippen molar-refractivity contribution >= 4 is 28.6 Å². The van der Waals surface area contributed by atoms with Crippen LogP contribution >= 0.6 is 11.8 Å². The van der Waals surface area contributed by atoms with Crippen molar-refractivity contribution in [1.29, 1.82) is 0 Å². The van der Waals surface area contributed by atoms with Crippen LogP contribution < -0.4 is 15.6 Å². The van der Waals surface area contributed by atoms with E-state index in [0.717, 1.165) is 19.3 Å². The summed E-state index contributed by atoms with van der Waals surface area (Å²) < 4.78 is 7.00. The number of rotatable bonds is 10. The fraction of sp³-hybridized carbons (Fsp3) is 0.375. The van der Waals surface area contributed by atoms with Gasteiger partial charge in [-0.25, -0.2) is 4.98 Å². The van der Waals surface area contributed by atoms with Crippen molar-refractivity contribution in [3.05, 3.63) is 58.9 Å². The summed E-state index contributed by atoms with van der Waals surface area (Å²) in [4.78, 5) is 30.5. The second-order valence-electron chi connectivity index (χ2n) is 7.48. The van der Waals surface area contributed by atoms with E-state index in [1.807, 2.05) is 43.3 Å². The van der Waals surface area contributed by atoms with Gasteiger partial charge in [-0.1, -0.05) is 62.2 Å². The normalized spacial score (nSPS) is 12.0. The number of fused-ring (bicyclic) bond motifs is 1. The number of methoxy groups -OCH3 is 1. The summed E-state index contributed by atoms with van der Waals surface area (Å²) in [5, 5.41) is 4.02. The first-order valence-corrected chi connectivity index (χ1v) is 11.6. The van der Waals surface area contributed by atoms with Crippen molar-refractivity contribution in [2.24, 2.45) is 0 Å². The molecule has 3 aromatic rings. The second kappa shape index (κ2) is 11.0. The second-order valence-corrected chi connectivity index (χ2v) is 8.42. The van der Waals surface area contributed by atoms with Crippen LogP contribution in [0.15, 0.2) is 58.5 Å². The van der Waals surface area contributed by atoms with Crippen LogP contribution in [-0.4, -0.2) is 34.4 Å². The quantitative estimate of drug-likeness (QED) is 0.285. The molecule has 0 fully saturated rings. The van der Waals surface area contributed by atoms with Crippen molar-refractivity contribution in [2.45, 2.75) is 50.7 Å². The van der Waals surface area contributed by atoms with Gasteiger partial charge in [0.05, 0.1) is 29.5 Å². The highest BCUT2D eigenvalue weighted by atomic mass is 32.2. The van der Waals surface area contributed by atoms with E-state index >= 15 is 0 Å². The van der Waals surface area contributed by atoms with Crippen molar-refractivity contribution in [2.75, 3.05) is 12.9 Å². The topological polar surface area (TPSA) is 73.2 Å². The minimum atomic E-state index is -0.189. The number of benzene rings is 2. The first-order chi connectivity index (χ1) is 15.0. The third-order valence-electron chi connectivity index (χ3n) is 5.05. The van der Waals surface area contributed by atoms with Crippen LogP contribution in [-0.2, 0) is 4.79 Å². The molecule has 7 heteroatoms. The molecule has 164 valence electrons. The molecule has 0 saturated carbocycles. The third-order valence-corrected chi connectivity index (χ3v) is 5.99. The minimum absolute atomic E-state index is 0.0667. The Hall–Kier alpha value is -2.80. The maximum Gasteiger partial charge on any atom is 0.266 e. The standard InChI is InChI=1S/C24H29N3O3S/c1-4-5-6-11-17(2)25-22(28)16-31-24-26-19-13-8-7-12-18(19)23(29)27(24)20-14-9-10-15-21(20)30-3/h7-10,12-15,17H,4-6,11,16H2,1-3H3,(H,25,28). The van der Waals surface area contributed by atoms with Crippen molar-refractivity contribution in [1.82, 2.24) is 14.9 Å². The van der Waals surface area contributed by atoms with Crippen molar-refractivity contribution < 1.29 is 9.53 Å². The Balaban J connectivity index is 1.89. The smallest absolute Gasteiger partial charge is 0.266 e. The lowest BCUT2D eigenvalue weighted by molar-refractivity contribution is -0.119. The molecule has 1 aromatic heterocycles. The molecule has 2 aromatic carbocycles. The van der Waals surface area contributed by atoms with Gasteiger partial charge in [0.25, 0.3) is 5.56 Å². The number of nitrogens with one attached hydrogen (secondary N) is 1. The first-order valence-electron chi connectivity index (χ1n) is 10.6. The Bertz CT molecular complexity index is 1100.